The van der Waals surface area contributed by atoms with Gasteiger partial charge >= 0.3 is 5.84 Å². The number of amidine groups is 1. The lowest BCUT2D eigenvalue weighted by atomic mass is 9.82. The van der Waals surface area contributed by atoms with Crippen LogP contribution in [-0.4, -0.2) is 65.6 Å². The molecular formula is C24H40N5+. The van der Waals surface area contributed by atoms with Crippen LogP contribution in [0, 0.1) is 11.8 Å². The van der Waals surface area contributed by atoms with Crippen molar-refractivity contribution in [3.05, 3.63) is 0 Å². The number of likely N-dealkylation sites (N-methyl/N-ethyl adjacent to an activating group) is 1. The zero-order valence-corrected chi connectivity index (χ0v) is 18.6. The monoisotopic (exact) mass is 398 g/mol. The Kier molecular flexibility index (Phi) is 5.60. The van der Waals surface area contributed by atoms with Gasteiger partial charge in [0.25, 0.3) is 0 Å². The molecule has 0 aromatic heterocycles. The summed E-state index contributed by atoms with van der Waals surface area (Å²) in [5.74, 6) is 4.14. The first-order valence-electron chi connectivity index (χ1n) is 12.4. The second-order valence-corrected chi connectivity index (χ2v) is 10.4. The van der Waals surface area contributed by atoms with E-state index in [1.165, 1.54) is 101 Å². The van der Waals surface area contributed by atoms with E-state index in [0.717, 1.165) is 18.4 Å². The Morgan fingerprint density at radius 3 is 2.62 bits per heavy atom. The van der Waals surface area contributed by atoms with Crippen LogP contribution >= 0.6 is 0 Å². The van der Waals surface area contributed by atoms with Gasteiger partial charge in [0.2, 0.25) is 5.71 Å². The van der Waals surface area contributed by atoms with Gasteiger partial charge in [-0.05, 0) is 56.8 Å². The molecule has 3 saturated carbocycles. The molecular weight excluding hydrogens is 358 g/mol. The second-order valence-electron chi connectivity index (χ2n) is 10.4. The fraction of sp³-hybridized carbons (Fsp3) is 0.875. The lowest BCUT2D eigenvalue weighted by molar-refractivity contribution is 0.188. The quantitative estimate of drug-likeness (QED) is 0.740. The minimum Gasteiger partial charge on any atom is -0.351 e. The van der Waals surface area contributed by atoms with Crippen molar-refractivity contribution in [1.82, 2.24) is 19.8 Å². The zero-order valence-electron chi connectivity index (χ0n) is 18.6. The lowest BCUT2D eigenvalue weighted by Crippen LogP contribution is -2.42. The van der Waals surface area contributed by atoms with Crippen molar-refractivity contribution in [3.63, 3.8) is 0 Å². The summed E-state index contributed by atoms with van der Waals surface area (Å²) in [6.45, 7) is 4.37. The van der Waals surface area contributed by atoms with E-state index in [-0.39, 0.29) is 0 Å². The van der Waals surface area contributed by atoms with Gasteiger partial charge in [0.05, 0.1) is 13.1 Å². The summed E-state index contributed by atoms with van der Waals surface area (Å²) in [6, 6.07) is 1.84. The summed E-state index contributed by atoms with van der Waals surface area (Å²) in [6.07, 6.45) is 16.1. The minimum atomic E-state index is 0.554. The van der Waals surface area contributed by atoms with Gasteiger partial charge in [-0.25, -0.2) is 14.6 Å². The fourth-order valence-corrected chi connectivity index (χ4v) is 6.45. The molecule has 3 atom stereocenters. The van der Waals surface area contributed by atoms with Gasteiger partial charge in [0, 0.05) is 19.0 Å². The molecule has 4 fully saturated rings. The predicted molar refractivity (Wildman–Crippen MR) is 121 cm³/mol. The van der Waals surface area contributed by atoms with E-state index in [1.54, 1.807) is 0 Å². The Balaban J connectivity index is 1.31. The van der Waals surface area contributed by atoms with Crippen LogP contribution in [0.2, 0.25) is 0 Å². The van der Waals surface area contributed by atoms with Crippen LogP contribution in [0.25, 0.3) is 0 Å². The second kappa shape index (κ2) is 8.34. The molecule has 2 heterocycles. The average Bonchev–Trinajstić information content (AvgIpc) is 3.26. The van der Waals surface area contributed by atoms with Gasteiger partial charge < -0.3 is 10.2 Å². The third kappa shape index (κ3) is 3.95. The molecule has 5 heteroatoms. The number of fused-ring (bicyclic) bond motifs is 2. The SMILES string of the molecule is CC1CCC(CN2C(=NCC3=[N+]=C4CCCCC4N3C)NC3CCCCC32)CC1. The Hall–Kier alpha value is -1.48. The number of nitrogens with one attached hydrogen (secondary N) is 1. The Labute approximate surface area is 176 Å². The van der Waals surface area contributed by atoms with Crippen molar-refractivity contribution in [2.24, 2.45) is 16.8 Å². The van der Waals surface area contributed by atoms with Crippen LogP contribution in [0.5, 0.6) is 0 Å². The molecule has 0 amide bonds. The summed E-state index contributed by atoms with van der Waals surface area (Å²) < 4.78 is 5.00. The van der Waals surface area contributed by atoms with Crippen LogP contribution in [0.1, 0.15) is 84.0 Å². The summed E-state index contributed by atoms with van der Waals surface area (Å²) in [4.78, 5) is 10.2. The van der Waals surface area contributed by atoms with E-state index in [9.17, 15) is 0 Å². The smallest absolute Gasteiger partial charge is 0.351 e. The first kappa shape index (κ1) is 19.5. The van der Waals surface area contributed by atoms with E-state index < -0.39 is 0 Å². The van der Waals surface area contributed by atoms with E-state index in [1.807, 2.05) is 0 Å². The average molecular weight is 399 g/mol. The maximum atomic E-state index is 5.15. The largest absolute Gasteiger partial charge is 0.367 e. The molecule has 5 rings (SSSR count). The maximum Gasteiger partial charge on any atom is 0.367 e. The van der Waals surface area contributed by atoms with Crippen molar-refractivity contribution in [2.75, 3.05) is 20.1 Å². The molecule has 1 saturated heterocycles. The zero-order chi connectivity index (χ0) is 19.8. The van der Waals surface area contributed by atoms with E-state index >= 15 is 0 Å². The predicted octanol–water partition coefficient (Wildman–Crippen LogP) is 3.18. The summed E-state index contributed by atoms with van der Waals surface area (Å²) in [7, 11) is 2.23. The fourth-order valence-electron chi connectivity index (χ4n) is 6.45. The molecule has 0 bridgehead atoms. The van der Waals surface area contributed by atoms with Gasteiger partial charge in [0.15, 0.2) is 18.5 Å². The Bertz CT molecular complexity index is 698. The van der Waals surface area contributed by atoms with Gasteiger partial charge in [-0.1, -0.05) is 32.6 Å². The molecule has 3 unspecified atom stereocenters. The molecule has 5 nitrogen and oxygen atoms in total. The molecule has 0 spiro atoms. The number of aliphatic imine (C=N–C) groups is 1. The highest BCUT2D eigenvalue weighted by Gasteiger charge is 2.42. The molecule has 3 aliphatic carbocycles. The first-order chi connectivity index (χ1) is 14.2. The van der Waals surface area contributed by atoms with Crippen LogP contribution in [-0.2, 0) is 0 Å². The molecule has 0 radical (unpaired) electrons. The van der Waals surface area contributed by atoms with Crippen molar-refractivity contribution in [3.8, 4) is 0 Å². The van der Waals surface area contributed by atoms with Crippen LogP contribution < -0.4 is 9.98 Å². The first-order valence-corrected chi connectivity index (χ1v) is 12.4. The topological polar surface area (TPSA) is 45.0 Å². The van der Waals surface area contributed by atoms with E-state index in [4.69, 9.17) is 9.66 Å². The van der Waals surface area contributed by atoms with Crippen LogP contribution in [0.3, 0.4) is 0 Å². The summed E-state index contributed by atoms with van der Waals surface area (Å²) >= 11 is 0. The number of rotatable bonds is 4. The van der Waals surface area contributed by atoms with Gasteiger partial charge in [-0.3, -0.25) is 0 Å². The van der Waals surface area contributed by atoms with E-state index in [0.29, 0.717) is 18.1 Å². The van der Waals surface area contributed by atoms with Crippen LogP contribution in [0.4, 0.5) is 0 Å². The van der Waals surface area contributed by atoms with Crippen molar-refractivity contribution >= 4 is 17.5 Å². The third-order valence-corrected chi connectivity index (χ3v) is 8.37. The number of hydrogen-bond acceptors (Lipinski definition) is 2. The molecule has 160 valence electrons. The molecule has 5 aliphatic rings. The lowest BCUT2D eigenvalue weighted by Gasteiger charge is -2.35. The van der Waals surface area contributed by atoms with Crippen molar-refractivity contribution < 1.29 is 0 Å². The van der Waals surface area contributed by atoms with Crippen molar-refractivity contribution in [1.29, 1.82) is 0 Å². The molecule has 0 aromatic carbocycles. The number of guanidine groups is 1. The Morgan fingerprint density at radius 2 is 1.79 bits per heavy atom. The number of hydrogen-bond donors (Lipinski definition) is 1. The normalized spacial score (nSPS) is 38.4. The molecule has 29 heavy (non-hydrogen) atoms. The maximum absolute atomic E-state index is 5.15. The standard InChI is InChI=1S/C24H40N5/c1-17-11-13-18(14-12-17)16-29-22-10-6-4-8-20(22)27-24(29)25-15-23-26-19-7-3-5-9-21(19)28(23)2/h17-18,20-22H,3-16H2,1-2H3,(H,25,27)/q+1. The van der Waals surface area contributed by atoms with Gasteiger partial charge in [-0.2, -0.15) is 0 Å². The highest BCUT2D eigenvalue weighted by molar-refractivity contribution is 6.03. The third-order valence-electron chi connectivity index (χ3n) is 8.37. The molecule has 2 aliphatic heterocycles. The minimum absolute atomic E-state index is 0.554. The Morgan fingerprint density at radius 1 is 1.00 bits per heavy atom. The summed E-state index contributed by atoms with van der Waals surface area (Å²) in [5.41, 5.74) is 1.41. The highest BCUT2D eigenvalue weighted by atomic mass is 15.4. The highest BCUT2D eigenvalue weighted by Crippen LogP contribution is 2.33. The molecule has 1 N–H and O–H groups in total. The molecule has 0 aromatic rings. The van der Waals surface area contributed by atoms with Crippen LogP contribution in [0.15, 0.2) is 4.99 Å². The van der Waals surface area contributed by atoms with Gasteiger partial charge in [0.1, 0.15) is 0 Å². The van der Waals surface area contributed by atoms with Crippen molar-refractivity contribution in [2.45, 2.75) is 102 Å². The number of nitrogens with zero attached hydrogens (tertiary/aromatic N) is 4. The van der Waals surface area contributed by atoms with E-state index in [2.05, 4.69) is 29.1 Å². The van der Waals surface area contributed by atoms with Gasteiger partial charge in [-0.15, -0.1) is 0 Å². The summed E-state index contributed by atoms with van der Waals surface area (Å²) in [5, 5.41) is 3.84.